The van der Waals surface area contributed by atoms with E-state index in [1.165, 1.54) is 6.92 Å². The predicted octanol–water partition coefficient (Wildman–Crippen LogP) is -6.31. The van der Waals surface area contributed by atoms with Crippen molar-refractivity contribution < 1.29 is 73.8 Å². The standard InChI is InChI=1S/C27H45N7O15/c1-11(2)6-15(24(45)30-14(4-5-19(38)39)23(44)34-18(10-37)27(48)49)31-25(46)17(9-36)33-26(47)16(8-35)32-21(42)12(3)29-22(43)13(28)7-20(40)41/h11-18,35-37H,4-10,28H2,1-3H3,(H,29,43)(H,30,45)(H,31,46)(H,32,42)(H,33,47)(H,34,44)(H,38,39)(H,40,41)(H,48,49)/t12-,13-,14-,15-,16-,17-,18-/m0/s1. The smallest absolute Gasteiger partial charge is 0.328 e. The zero-order valence-electron chi connectivity index (χ0n) is 27.0. The van der Waals surface area contributed by atoms with Crippen LogP contribution in [0.15, 0.2) is 0 Å². The van der Waals surface area contributed by atoms with Gasteiger partial charge in [0.25, 0.3) is 0 Å². The molecular formula is C27H45N7O15. The molecular weight excluding hydrogens is 662 g/mol. The molecule has 22 nitrogen and oxygen atoms in total. The molecule has 0 saturated heterocycles. The second-order valence-electron chi connectivity index (χ2n) is 11.2. The Bertz CT molecular complexity index is 1210. The molecule has 14 N–H and O–H groups in total. The van der Waals surface area contributed by atoms with Gasteiger partial charge in [-0.25, -0.2) is 4.79 Å². The number of amides is 6. The Labute approximate surface area is 279 Å². The molecule has 0 spiro atoms. The third-order valence-corrected chi connectivity index (χ3v) is 6.53. The Balaban J connectivity index is 5.71. The third kappa shape index (κ3) is 16.6. The van der Waals surface area contributed by atoms with Crippen molar-refractivity contribution in [1.29, 1.82) is 0 Å². The van der Waals surface area contributed by atoms with E-state index < -0.39 is 135 Å². The molecule has 0 bridgehead atoms. The Morgan fingerprint density at radius 2 is 0.939 bits per heavy atom. The largest absolute Gasteiger partial charge is 0.481 e. The maximum Gasteiger partial charge on any atom is 0.328 e. The fourth-order valence-corrected chi connectivity index (χ4v) is 3.87. The van der Waals surface area contributed by atoms with E-state index in [1.54, 1.807) is 13.8 Å². The van der Waals surface area contributed by atoms with Gasteiger partial charge >= 0.3 is 17.9 Å². The molecule has 0 heterocycles. The maximum atomic E-state index is 13.2. The van der Waals surface area contributed by atoms with Gasteiger partial charge in [0, 0.05) is 6.42 Å². The van der Waals surface area contributed by atoms with Gasteiger partial charge < -0.3 is 68.3 Å². The number of nitrogens with two attached hydrogens (primary N) is 1. The van der Waals surface area contributed by atoms with Crippen molar-refractivity contribution in [2.75, 3.05) is 19.8 Å². The lowest BCUT2D eigenvalue weighted by molar-refractivity contribution is -0.144. The minimum absolute atomic E-state index is 0.0830. The minimum Gasteiger partial charge on any atom is -0.481 e. The van der Waals surface area contributed by atoms with Gasteiger partial charge in [0.1, 0.15) is 36.3 Å². The Morgan fingerprint density at radius 3 is 1.37 bits per heavy atom. The molecule has 0 aromatic rings. The molecule has 49 heavy (non-hydrogen) atoms. The average Bonchev–Trinajstić information content (AvgIpc) is 3.01. The van der Waals surface area contributed by atoms with Crippen molar-refractivity contribution in [3.8, 4) is 0 Å². The molecule has 6 amide bonds. The van der Waals surface area contributed by atoms with E-state index in [9.17, 15) is 58.5 Å². The number of hydrogen-bond acceptors (Lipinski definition) is 13. The number of aliphatic hydroxyl groups is 3. The molecule has 0 fully saturated rings. The number of carbonyl (C=O) groups excluding carboxylic acids is 6. The van der Waals surface area contributed by atoms with Crippen molar-refractivity contribution in [3.63, 3.8) is 0 Å². The zero-order chi connectivity index (χ0) is 38.0. The topological polar surface area (TPSA) is 373 Å². The van der Waals surface area contributed by atoms with Gasteiger partial charge in [-0.05, 0) is 25.7 Å². The van der Waals surface area contributed by atoms with Crippen LogP contribution in [-0.4, -0.2) is 146 Å². The number of carboxylic acid groups (broad SMARTS) is 3. The summed E-state index contributed by atoms with van der Waals surface area (Å²) >= 11 is 0. The number of aliphatic carboxylic acids is 3. The third-order valence-electron chi connectivity index (χ3n) is 6.53. The number of aliphatic hydroxyl groups excluding tert-OH is 3. The summed E-state index contributed by atoms with van der Waals surface area (Å²) in [5, 5.41) is 68.3. The minimum atomic E-state index is -1.77. The fraction of sp³-hybridized carbons (Fsp3) is 0.667. The first-order valence-corrected chi connectivity index (χ1v) is 14.8. The van der Waals surface area contributed by atoms with E-state index in [-0.39, 0.29) is 12.3 Å². The average molecular weight is 708 g/mol. The Morgan fingerprint density at radius 1 is 0.531 bits per heavy atom. The molecule has 0 unspecified atom stereocenters. The lowest BCUT2D eigenvalue weighted by Gasteiger charge is -2.27. The van der Waals surface area contributed by atoms with Gasteiger partial charge in [-0.2, -0.15) is 0 Å². The van der Waals surface area contributed by atoms with Crippen molar-refractivity contribution in [2.45, 2.75) is 88.7 Å². The Kier molecular flexibility index (Phi) is 19.6. The van der Waals surface area contributed by atoms with Gasteiger partial charge in [0.2, 0.25) is 35.4 Å². The summed E-state index contributed by atoms with van der Waals surface area (Å²) in [7, 11) is 0. The quantitative estimate of drug-likeness (QED) is 0.0469. The lowest BCUT2D eigenvalue weighted by atomic mass is 10.0. The van der Waals surface area contributed by atoms with Crippen LogP contribution in [0.25, 0.3) is 0 Å². The normalized spacial score (nSPS) is 15.2. The lowest BCUT2D eigenvalue weighted by Crippen LogP contribution is -2.61. The molecule has 22 heteroatoms. The summed E-state index contributed by atoms with van der Waals surface area (Å²) < 4.78 is 0. The fourth-order valence-electron chi connectivity index (χ4n) is 3.87. The molecule has 0 aromatic heterocycles. The first kappa shape index (κ1) is 44.1. The maximum absolute atomic E-state index is 13.2. The molecule has 0 saturated carbocycles. The summed E-state index contributed by atoms with van der Waals surface area (Å²) in [4.78, 5) is 109. The first-order chi connectivity index (χ1) is 22.8. The Hall–Kier alpha value is -4.93. The molecule has 0 aromatic carbocycles. The molecule has 278 valence electrons. The van der Waals surface area contributed by atoms with E-state index in [1.807, 2.05) is 5.32 Å². The first-order valence-electron chi connectivity index (χ1n) is 14.8. The summed E-state index contributed by atoms with van der Waals surface area (Å²) in [5.41, 5.74) is 5.43. The van der Waals surface area contributed by atoms with Crippen LogP contribution in [0.4, 0.5) is 0 Å². The molecule has 0 rings (SSSR count). The number of hydrogen-bond donors (Lipinski definition) is 13. The predicted molar refractivity (Wildman–Crippen MR) is 163 cm³/mol. The van der Waals surface area contributed by atoms with Crippen molar-refractivity contribution in [3.05, 3.63) is 0 Å². The molecule has 7 atom stereocenters. The monoisotopic (exact) mass is 707 g/mol. The highest BCUT2D eigenvalue weighted by atomic mass is 16.4. The van der Waals surface area contributed by atoms with Crippen molar-refractivity contribution >= 4 is 53.4 Å². The van der Waals surface area contributed by atoms with Crippen molar-refractivity contribution in [1.82, 2.24) is 31.9 Å². The van der Waals surface area contributed by atoms with E-state index in [4.69, 9.17) is 21.1 Å². The van der Waals surface area contributed by atoms with Crippen LogP contribution in [0.2, 0.25) is 0 Å². The summed E-state index contributed by atoms with van der Waals surface area (Å²) in [5.74, 6) is -11.1. The van der Waals surface area contributed by atoms with Crippen LogP contribution < -0.4 is 37.6 Å². The summed E-state index contributed by atoms with van der Waals surface area (Å²) in [6.07, 6.45) is -1.96. The van der Waals surface area contributed by atoms with Gasteiger partial charge in [-0.15, -0.1) is 0 Å². The second kappa shape index (κ2) is 21.8. The van der Waals surface area contributed by atoms with Crippen LogP contribution in [0.5, 0.6) is 0 Å². The second-order valence-corrected chi connectivity index (χ2v) is 11.2. The van der Waals surface area contributed by atoms with E-state index in [2.05, 4.69) is 26.6 Å². The molecule has 0 radical (unpaired) electrons. The van der Waals surface area contributed by atoms with Crippen LogP contribution >= 0.6 is 0 Å². The molecule has 0 aliphatic heterocycles. The SMILES string of the molecule is CC(C)C[C@H](NC(=O)[C@H](CO)NC(=O)[C@H](CO)NC(=O)[C@H](C)NC(=O)[C@@H](N)CC(=O)O)C(=O)N[C@@H](CCC(=O)O)C(=O)N[C@@H](CO)C(=O)O. The number of nitrogens with one attached hydrogen (secondary N) is 6. The number of carboxylic acids is 3. The molecule has 0 aliphatic carbocycles. The van der Waals surface area contributed by atoms with E-state index >= 15 is 0 Å². The summed E-state index contributed by atoms with van der Waals surface area (Å²) in [6.45, 7) is 1.40. The summed E-state index contributed by atoms with van der Waals surface area (Å²) in [6, 6.07) is -11.2. The van der Waals surface area contributed by atoms with Gasteiger partial charge in [0.15, 0.2) is 0 Å². The zero-order valence-corrected chi connectivity index (χ0v) is 27.0. The van der Waals surface area contributed by atoms with Crippen LogP contribution in [0.1, 0.15) is 46.5 Å². The van der Waals surface area contributed by atoms with Crippen molar-refractivity contribution in [2.24, 2.45) is 11.7 Å². The van der Waals surface area contributed by atoms with Crippen LogP contribution in [0.3, 0.4) is 0 Å². The highest BCUT2D eigenvalue weighted by molar-refractivity contribution is 5.97. The highest BCUT2D eigenvalue weighted by Crippen LogP contribution is 2.08. The number of rotatable bonds is 23. The van der Waals surface area contributed by atoms with E-state index in [0.29, 0.717) is 0 Å². The van der Waals surface area contributed by atoms with Crippen LogP contribution in [0, 0.1) is 5.92 Å². The number of carbonyl (C=O) groups is 9. The molecule has 0 aliphatic rings. The highest BCUT2D eigenvalue weighted by Gasteiger charge is 2.33. The van der Waals surface area contributed by atoms with Crippen LogP contribution in [-0.2, 0) is 43.2 Å². The van der Waals surface area contributed by atoms with E-state index in [0.717, 1.165) is 0 Å². The van der Waals surface area contributed by atoms with Gasteiger partial charge in [0.05, 0.1) is 32.3 Å². The van der Waals surface area contributed by atoms with Gasteiger partial charge in [-0.1, -0.05) is 13.8 Å². The van der Waals surface area contributed by atoms with Gasteiger partial charge in [-0.3, -0.25) is 38.4 Å².